The maximum absolute atomic E-state index is 13.7. The van der Waals surface area contributed by atoms with Gasteiger partial charge < -0.3 is 4.74 Å². The van der Waals surface area contributed by atoms with Crippen LogP contribution in [-0.4, -0.2) is 69.9 Å². The number of carbonyl (C=O) groups is 1. The van der Waals surface area contributed by atoms with E-state index in [0.29, 0.717) is 12.2 Å². The summed E-state index contributed by atoms with van der Waals surface area (Å²) in [5.41, 5.74) is 3.12. The molecule has 1 heterocycles. The third kappa shape index (κ3) is 6.83. The van der Waals surface area contributed by atoms with Crippen LogP contribution in [0.3, 0.4) is 0 Å². The van der Waals surface area contributed by atoms with Crippen LogP contribution >= 0.6 is 0 Å². The molecule has 1 aliphatic heterocycles. The first-order valence-electron chi connectivity index (χ1n) is 11.5. The van der Waals surface area contributed by atoms with Crippen molar-refractivity contribution in [2.24, 2.45) is 5.92 Å². The molecule has 0 aliphatic carbocycles. The van der Waals surface area contributed by atoms with Crippen LogP contribution in [0.25, 0.3) is 0 Å². The lowest BCUT2D eigenvalue weighted by atomic mass is 10.0. The zero-order valence-electron chi connectivity index (χ0n) is 20.8. The van der Waals surface area contributed by atoms with Crippen molar-refractivity contribution < 1.29 is 31.2 Å². The van der Waals surface area contributed by atoms with Gasteiger partial charge in [-0.3, -0.25) is 9.63 Å². The van der Waals surface area contributed by atoms with Crippen LogP contribution in [0.2, 0.25) is 0 Å². The molecule has 0 saturated carbocycles. The first-order valence-corrected chi connectivity index (χ1v) is 14.8. The molecule has 0 radical (unpaired) electrons. The predicted octanol–water partition coefficient (Wildman–Crippen LogP) is 1.99. The molecule has 10 nitrogen and oxygen atoms in total. The highest BCUT2D eigenvalue weighted by Crippen LogP contribution is 2.29. The van der Waals surface area contributed by atoms with Crippen LogP contribution in [0, 0.1) is 5.92 Å². The fourth-order valence-corrected chi connectivity index (χ4v) is 6.90. The second-order valence-corrected chi connectivity index (χ2v) is 12.9. The lowest BCUT2D eigenvalue weighted by Crippen LogP contribution is -2.64. The molecule has 0 bridgehead atoms. The van der Waals surface area contributed by atoms with Crippen molar-refractivity contribution in [3.8, 4) is 5.75 Å². The number of nitrogens with one attached hydrogen (secondary N) is 1. The van der Waals surface area contributed by atoms with Crippen molar-refractivity contribution >= 4 is 26.0 Å². The molecule has 0 unspecified atom stereocenters. The van der Waals surface area contributed by atoms with E-state index in [1.807, 2.05) is 44.2 Å². The zero-order chi connectivity index (χ0) is 26.5. The van der Waals surface area contributed by atoms with Gasteiger partial charge in [-0.15, -0.1) is 0 Å². The largest absolute Gasteiger partial charge is 0.497 e. The molecular formula is C24H33N3O7S2. The molecule has 2 aromatic rings. The molecule has 0 aromatic heterocycles. The number of sulfonamides is 2. The third-order valence-corrected chi connectivity index (χ3v) is 9.08. The number of rotatable bonds is 10. The lowest BCUT2D eigenvalue weighted by molar-refractivity contribution is -0.140. The van der Waals surface area contributed by atoms with Crippen LogP contribution in [0.5, 0.6) is 5.75 Å². The summed E-state index contributed by atoms with van der Waals surface area (Å²) < 4.78 is 60.0. The Morgan fingerprint density at radius 1 is 1.00 bits per heavy atom. The fourth-order valence-electron chi connectivity index (χ4n) is 4.17. The second-order valence-electron chi connectivity index (χ2n) is 9.12. The maximum Gasteiger partial charge on any atom is 0.263 e. The first-order chi connectivity index (χ1) is 16.9. The van der Waals surface area contributed by atoms with E-state index in [4.69, 9.17) is 9.57 Å². The summed E-state index contributed by atoms with van der Waals surface area (Å²) in [7, 11) is -6.40. The van der Waals surface area contributed by atoms with Gasteiger partial charge in [0.15, 0.2) is 0 Å². The molecule has 1 N–H and O–H groups in total. The highest BCUT2D eigenvalue weighted by atomic mass is 32.2. The van der Waals surface area contributed by atoms with E-state index in [1.54, 1.807) is 0 Å². The Kier molecular flexibility index (Phi) is 9.12. The fraction of sp³-hybridized carbons (Fsp3) is 0.458. The van der Waals surface area contributed by atoms with Crippen LogP contribution in [0.15, 0.2) is 59.5 Å². The molecule has 1 amide bonds. The van der Waals surface area contributed by atoms with Crippen molar-refractivity contribution in [3.63, 3.8) is 0 Å². The smallest absolute Gasteiger partial charge is 0.263 e. The van der Waals surface area contributed by atoms with Crippen LogP contribution in [0.1, 0.15) is 25.8 Å². The van der Waals surface area contributed by atoms with Crippen molar-refractivity contribution in [2.75, 3.05) is 26.5 Å². The maximum atomic E-state index is 13.7. The zero-order valence-corrected chi connectivity index (χ0v) is 22.5. The minimum Gasteiger partial charge on any atom is -0.497 e. The molecule has 0 spiro atoms. The van der Waals surface area contributed by atoms with Crippen molar-refractivity contribution in [1.29, 1.82) is 0 Å². The van der Waals surface area contributed by atoms with Gasteiger partial charge >= 0.3 is 0 Å². The lowest BCUT2D eigenvalue weighted by Gasteiger charge is -2.44. The van der Waals surface area contributed by atoms with Crippen molar-refractivity contribution in [1.82, 2.24) is 14.1 Å². The molecule has 12 heteroatoms. The number of nitrogens with zero attached hydrogens (tertiary/aromatic N) is 2. The van der Waals surface area contributed by atoms with E-state index in [9.17, 15) is 21.6 Å². The number of methoxy groups -OCH3 is 1. The third-order valence-electron chi connectivity index (χ3n) is 5.89. The molecule has 1 saturated heterocycles. The molecule has 198 valence electrons. The van der Waals surface area contributed by atoms with E-state index in [1.165, 1.54) is 35.7 Å². The van der Waals surface area contributed by atoms with E-state index >= 15 is 0 Å². The summed E-state index contributed by atoms with van der Waals surface area (Å²) in [6, 6.07) is 13.0. The van der Waals surface area contributed by atoms with Gasteiger partial charge in [0.05, 0.1) is 24.9 Å². The number of amides is 1. The predicted molar refractivity (Wildman–Crippen MR) is 135 cm³/mol. The van der Waals surface area contributed by atoms with E-state index in [0.717, 1.165) is 16.1 Å². The van der Waals surface area contributed by atoms with Crippen molar-refractivity contribution in [3.05, 3.63) is 60.2 Å². The highest BCUT2D eigenvalue weighted by molar-refractivity contribution is 7.89. The summed E-state index contributed by atoms with van der Waals surface area (Å²) in [6.07, 6.45) is 1.50. The second kappa shape index (κ2) is 11.7. The van der Waals surface area contributed by atoms with Gasteiger partial charge in [-0.1, -0.05) is 44.2 Å². The summed E-state index contributed by atoms with van der Waals surface area (Å²) in [4.78, 5) is 18.5. The Bertz CT molecular complexity index is 1230. The van der Waals surface area contributed by atoms with E-state index in [2.05, 4.69) is 5.48 Å². The number of ether oxygens (including phenoxy) is 1. The molecule has 3 rings (SSSR count). The molecule has 1 fully saturated rings. The van der Waals surface area contributed by atoms with Crippen molar-refractivity contribution in [2.45, 2.75) is 43.9 Å². The number of hydrogen-bond donors (Lipinski definition) is 1. The minimum atomic E-state index is -4.16. The Morgan fingerprint density at radius 2 is 1.64 bits per heavy atom. The Morgan fingerprint density at radius 3 is 2.19 bits per heavy atom. The van der Waals surface area contributed by atoms with Gasteiger partial charge in [0, 0.05) is 19.1 Å². The number of hydrogen-bond acceptors (Lipinski definition) is 7. The Hall–Kier alpha value is -2.51. The molecular weight excluding hydrogens is 506 g/mol. The normalized spacial score (nSPS) is 19.8. The standard InChI is InChI=1S/C24H33N3O7S2/c1-18(2)14-20-15-27(36(31,32)22-12-10-21(33-3)11-13-22)23(16-26(20)35(4,29)30)24(28)25-34-17-19-8-6-5-7-9-19/h5-13,18,20,23H,14-17H2,1-4H3,(H,25,28)/t20-,23-/m1/s1. The highest BCUT2D eigenvalue weighted by Gasteiger charge is 2.46. The number of piperazine rings is 1. The van der Waals surface area contributed by atoms with Gasteiger partial charge in [-0.25, -0.2) is 22.3 Å². The van der Waals surface area contributed by atoms with Gasteiger partial charge in [0.1, 0.15) is 11.8 Å². The van der Waals surface area contributed by atoms with E-state index < -0.39 is 38.0 Å². The average molecular weight is 540 g/mol. The molecule has 36 heavy (non-hydrogen) atoms. The summed E-state index contributed by atoms with van der Waals surface area (Å²) >= 11 is 0. The van der Waals surface area contributed by atoms with Crippen LogP contribution in [-0.2, 0) is 36.3 Å². The van der Waals surface area contributed by atoms with Crippen LogP contribution < -0.4 is 10.2 Å². The van der Waals surface area contributed by atoms with Gasteiger partial charge in [0.2, 0.25) is 20.0 Å². The molecule has 1 aliphatic rings. The van der Waals surface area contributed by atoms with Crippen LogP contribution in [0.4, 0.5) is 0 Å². The number of carbonyl (C=O) groups excluding carboxylic acids is 1. The van der Waals surface area contributed by atoms with Gasteiger partial charge in [-0.05, 0) is 42.2 Å². The summed E-state index contributed by atoms with van der Waals surface area (Å²) in [5.74, 6) is -0.166. The Balaban J connectivity index is 1.92. The molecule has 2 atom stereocenters. The monoisotopic (exact) mass is 539 g/mol. The topological polar surface area (TPSA) is 122 Å². The Labute approximate surface area is 213 Å². The van der Waals surface area contributed by atoms with Gasteiger partial charge in [-0.2, -0.15) is 8.61 Å². The quantitative estimate of drug-likeness (QED) is 0.458. The summed E-state index contributed by atoms with van der Waals surface area (Å²) in [5, 5.41) is 0. The minimum absolute atomic E-state index is 0.0255. The number of hydroxylamine groups is 1. The summed E-state index contributed by atoms with van der Waals surface area (Å²) in [6.45, 7) is 3.43. The SMILES string of the molecule is COc1ccc(S(=O)(=O)N2C[C@@H](CC(C)C)N(S(C)(=O)=O)C[C@@H]2C(=O)NOCc2ccccc2)cc1. The van der Waals surface area contributed by atoms with Gasteiger partial charge in [0.25, 0.3) is 5.91 Å². The number of benzene rings is 2. The first kappa shape index (κ1) is 28.1. The van der Waals surface area contributed by atoms with E-state index in [-0.39, 0.29) is 30.5 Å². The average Bonchev–Trinajstić information content (AvgIpc) is 2.83. The molecule has 2 aromatic carbocycles.